The van der Waals surface area contributed by atoms with E-state index in [9.17, 15) is 4.79 Å². The summed E-state index contributed by atoms with van der Waals surface area (Å²) < 4.78 is 6.91. The van der Waals surface area contributed by atoms with E-state index in [2.05, 4.69) is 5.10 Å². The molecule has 0 bridgehead atoms. The van der Waals surface area contributed by atoms with Gasteiger partial charge in [-0.15, -0.1) is 0 Å². The van der Waals surface area contributed by atoms with Crippen molar-refractivity contribution in [3.05, 3.63) is 47.3 Å². The van der Waals surface area contributed by atoms with Gasteiger partial charge in [0, 0.05) is 17.3 Å². The molecule has 0 saturated heterocycles. The maximum Gasteiger partial charge on any atom is 0.328 e. The molecule has 5 heteroatoms. The largest absolute Gasteiger partial charge is 0.497 e. The summed E-state index contributed by atoms with van der Waals surface area (Å²) in [6.07, 6.45) is 2.69. The lowest BCUT2D eigenvalue weighted by Gasteiger charge is -2.05. The predicted octanol–water partition coefficient (Wildman–Crippen LogP) is 2.60. The zero-order valence-corrected chi connectivity index (χ0v) is 11.6. The molecule has 0 radical (unpaired) electrons. The number of hydrogen-bond acceptors (Lipinski definition) is 3. The number of methoxy groups -OCH3 is 1. The molecule has 0 aliphatic rings. The minimum Gasteiger partial charge on any atom is -0.497 e. The molecule has 0 aliphatic carbocycles. The molecule has 1 heterocycles. The molecule has 104 valence electrons. The van der Waals surface area contributed by atoms with Crippen molar-refractivity contribution in [2.24, 2.45) is 0 Å². The minimum atomic E-state index is -0.971. The van der Waals surface area contributed by atoms with Crippen molar-refractivity contribution < 1.29 is 14.6 Å². The van der Waals surface area contributed by atoms with Gasteiger partial charge in [-0.05, 0) is 44.2 Å². The van der Waals surface area contributed by atoms with E-state index in [1.54, 1.807) is 17.9 Å². The summed E-state index contributed by atoms with van der Waals surface area (Å²) in [4.78, 5) is 10.6. The Bertz CT molecular complexity index is 655. The fraction of sp³-hybridized carbons (Fsp3) is 0.200. The third-order valence-corrected chi connectivity index (χ3v) is 3.06. The van der Waals surface area contributed by atoms with Crippen molar-refractivity contribution in [2.75, 3.05) is 7.11 Å². The SMILES string of the molecule is COc1ccc(-n2nc(C)c(/C=C/C(=O)O)c2C)cc1. The van der Waals surface area contributed by atoms with Crippen molar-refractivity contribution >= 4 is 12.0 Å². The van der Waals surface area contributed by atoms with Crippen LogP contribution in [0.15, 0.2) is 30.3 Å². The molecule has 0 atom stereocenters. The Labute approximate surface area is 117 Å². The molecule has 1 aromatic heterocycles. The van der Waals surface area contributed by atoms with Gasteiger partial charge in [0.2, 0.25) is 0 Å². The Kier molecular flexibility index (Phi) is 3.89. The van der Waals surface area contributed by atoms with Crippen LogP contribution in [0.3, 0.4) is 0 Å². The van der Waals surface area contributed by atoms with Crippen LogP contribution >= 0.6 is 0 Å². The molecule has 20 heavy (non-hydrogen) atoms. The Balaban J connectivity index is 2.42. The molecule has 0 aliphatic heterocycles. The summed E-state index contributed by atoms with van der Waals surface area (Å²) in [6.45, 7) is 3.76. The van der Waals surface area contributed by atoms with Crippen molar-refractivity contribution in [3.63, 3.8) is 0 Å². The standard InChI is InChI=1S/C15H16N2O3/c1-10-14(8-9-15(18)19)11(2)17(16-10)12-4-6-13(20-3)7-5-12/h4-9H,1-3H3,(H,18,19)/b9-8+. The fourth-order valence-corrected chi connectivity index (χ4v) is 2.03. The molecule has 0 unspecified atom stereocenters. The quantitative estimate of drug-likeness (QED) is 0.869. The maximum atomic E-state index is 10.6. The number of aromatic nitrogens is 2. The van der Waals surface area contributed by atoms with Gasteiger partial charge in [-0.1, -0.05) is 0 Å². The highest BCUT2D eigenvalue weighted by molar-refractivity contribution is 5.85. The van der Waals surface area contributed by atoms with E-state index in [0.29, 0.717) is 0 Å². The van der Waals surface area contributed by atoms with E-state index in [0.717, 1.165) is 34.5 Å². The molecule has 1 N–H and O–H groups in total. The molecule has 0 fully saturated rings. The Morgan fingerprint density at radius 3 is 2.50 bits per heavy atom. The maximum absolute atomic E-state index is 10.6. The number of hydrogen-bond donors (Lipinski definition) is 1. The van der Waals surface area contributed by atoms with Gasteiger partial charge < -0.3 is 9.84 Å². The highest BCUT2D eigenvalue weighted by Gasteiger charge is 2.10. The van der Waals surface area contributed by atoms with Crippen LogP contribution < -0.4 is 4.74 Å². The molecule has 0 saturated carbocycles. The van der Waals surface area contributed by atoms with Gasteiger partial charge in [0.05, 0.1) is 18.5 Å². The normalized spacial score (nSPS) is 10.9. The van der Waals surface area contributed by atoms with Gasteiger partial charge in [0.25, 0.3) is 0 Å². The second-order valence-corrected chi connectivity index (χ2v) is 4.37. The zero-order valence-electron chi connectivity index (χ0n) is 11.6. The van der Waals surface area contributed by atoms with E-state index in [-0.39, 0.29) is 0 Å². The molecule has 2 aromatic rings. The van der Waals surface area contributed by atoms with E-state index in [1.807, 2.05) is 38.1 Å². The van der Waals surface area contributed by atoms with Crippen LogP contribution in [0.4, 0.5) is 0 Å². The Hall–Kier alpha value is -2.56. The first kappa shape index (κ1) is 13.9. The lowest BCUT2D eigenvalue weighted by molar-refractivity contribution is -0.131. The summed E-state index contributed by atoms with van der Waals surface area (Å²) in [7, 11) is 1.62. The second-order valence-electron chi connectivity index (χ2n) is 4.37. The topological polar surface area (TPSA) is 64.4 Å². The molecule has 1 aromatic carbocycles. The van der Waals surface area contributed by atoms with Crippen molar-refractivity contribution in [3.8, 4) is 11.4 Å². The molecular formula is C15H16N2O3. The number of carbonyl (C=O) groups is 1. The first-order chi connectivity index (χ1) is 9.52. The first-order valence-corrected chi connectivity index (χ1v) is 6.14. The number of carboxylic acids is 1. The third kappa shape index (κ3) is 2.71. The van der Waals surface area contributed by atoms with Crippen LogP contribution in [-0.2, 0) is 4.79 Å². The van der Waals surface area contributed by atoms with Crippen LogP contribution in [0.5, 0.6) is 5.75 Å². The summed E-state index contributed by atoms with van der Waals surface area (Å²) in [5.41, 5.74) is 3.41. The van der Waals surface area contributed by atoms with Gasteiger partial charge in [-0.2, -0.15) is 5.10 Å². The minimum absolute atomic E-state index is 0.779. The molecule has 0 amide bonds. The fourth-order valence-electron chi connectivity index (χ4n) is 2.03. The number of rotatable bonds is 4. The smallest absolute Gasteiger partial charge is 0.328 e. The van der Waals surface area contributed by atoms with Crippen molar-refractivity contribution in [2.45, 2.75) is 13.8 Å². The zero-order chi connectivity index (χ0) is 14.7. The van der Waals surface area contributed by atoms with Crippen molar-refractivity contribution in [1.29, 1.82) is 0 Å². The third-order valence-electron chi connectivity index (χ3n) is 3.06. The van der Waals surface area contributed by atoms with Gasteiger partial charge in [-0.25, -0.2) is 9.48 Å². The Morgan fingerprint density at radius 1 is 1.30 bits per heavy atom. The lowest BCUT2D eigenvalue weighted by atomic mass is 10.2. The van der Waals surface area contributed by atoms with E-state index < -0.39 is 5.97 Å². The van der Waals surface area contributed by atoms with Gasteiger partial charge in [-0.3, -0.25) is 0 Å². The summed E-state index contributed by atoms with van der Waals surface area (Å²) in [6, 6.07) is 7.53. The molecule has 5 nitrogen and oxygen atoms in total. The van der Waals surface area contributed by atoms with Crippen LogP contribution in [-0.4, -0.2) is 28.0 Å². The van der Waals surface area contributed by atoms with Crippen LogP contribution in [0.2, 0.25) is 0 Å². The number of carboxylic acid groups (broad SMARTS) is 1. The average Bonchev–Trinajstić information content (AvgIpc) is 2.72. The Morgan fingerprint density at radius 2 is 1.95 bits per heavy atom. The lowest BCUT2D eigenvalue weighted by Crippen LogP contribution is -1.99. The first-order valence-electron chi connectivity index (χ1n) is 6.14. The number of benzene rings is 1. The van der Waals surface area contributed by atoms with E-state index in [4.69, 9.17) is 9.84 Å². The summed E-state index contributed by atoms with van der Waals surface area (Å²) in [5, 5.41) is 13.2. The van der Waals surface area contributed by atoms with Gasteiger partial charge in [0.1, 0.15) is 5.75 Å². The number of nitrogens with zero attached hydrogens (tertiary/aromatic N) is 2. The number of aryl methyl sites for hydroxylation is 1. The molecule has 2 rings (SSSR count). The summed E-state index contributed by atoms with van der Waals surface area (Å²) in [5.74, 6) is -0.192. The summed E-state index contributed by atoms with van der Waals surface area (Å²) >= 11 is 0. The van der Waals surface area contributed by atoms with E-state index in [1.165, 1.54) is 0 Å². The van der Waals surface area contributed by atoms with Gasteiger partial charge in [0.15, 0.2) is 0 Å². The average molecular weight is 272 g/mol. The molecular weight excluding hydrogens is 256 g/mol. The van der Waals surface area contributed by atoms with Crippen LogP contribution in [0.25, 0.3) is 11.8 Å². The monoisotopic (exact) mass is 272 g/mol. The van der Waals surface area contributed by atoms with E-state index >= 15 is 0 Å². The second kappa shape index (κ2) is 5.61. The number of aliphatic carboxylic acids is 1. The van der Waals surface area contributed by atoms with Crippen LogP contribution in [0.1, 0.15) is 17.0 Å². The van der Waals surface area contributed by atoms with Crippen LogP contribution in [0, 0.1) is 13.8 Å². The van der Waals surface area contributed by atoms with Gasteiger partial charge >= 0.3 is 5.97 Å². The van der Waals surface area contributed by atoms with Crippen molar-refractivity contribution in [1.82, 2.24) is 9.78 Å². The molecule has 0 spiro atoms. The highest BCUT2D eigenvalue weighted by Crippen LogP contribution is 2.21. The highest BCUT2D eigenvalue weighted by atomic mass is 16.5. The predicted molar refractivity (Wildman–Crippen MR) is 76.3 cm³/mol. The number of ether oxygens (including phenoxy) is 1.